The first-order valence-electron chi connectivity index (χ1n) is 8.90. The van der Waals surface area contributed by atoms with Gasteiger partial charge in [-0.15, -0.1) is 0 Å². The molecule has 2 aromatic carbocycles. The van der Waals surface area contributed by atoms with Gasteiger partial charge in [0.25, 0.3) is 0 Å². The molecule has 0 spiro atoms. The molecule has 0 aromatic heterocycles. The Balaban J connectivity index is 1.67. The summed E-state index contributed by atoms with van der Waals surface area (Å²) < 4.78 is 43.1. The highest BCUT2D eigenvalue weighted by Gasteiger charge is 2.26. The molecule has 0 amide bonds. The number of sulfone groups is 1. The van der Waals surface area contributed by atoms with Crippen LogP contribution in [0.1, 0.15) is 24.0 Å². The zero-order valence-electron chi connectivity index (χ0n) is 15.2. The molecule has 1 aliphatic rings. The van der Waals surface area contributed by atoms with Crippen LogP contribution in [-0.2, 0) is 23.0 Å². The number of benzene rings is 2. The number of hydrogen-bond acceptors (Lipinski definition) is 4. The van der Waals surface area contributed by atoms with Gasteiger partial charge in [0.1, 0.15) is 28.0 Å². The summed E-state index contributed by atoms with van der Waals surface area (Å²) in [6.45, 7) is 0.680. The lowest BCUT2D eigenvalue weighted by molar-refractivity contribution is 0.213. The summed E-state index contributed by atoms with van der Waals surface area (Å²) in [5, 5.41) is 0.341. The fourth-order valence-corrected chi connectivity index (χ4v) is 5.00. The Hall–Kier alpha value is -1.63. The molecule has 0 radical (unpaired) electrons. The van der Waals surface area contributed by atoms with Crippen molar-refractivity contribution in [3.05, 3.63) is 64.4 Å². The van der Waals surface area contributed by atoms with Gasteiger partial charge in [-0.2, -0.15) is 0 Å². The molecule has 1 aliphatic heterocycles. The summed E-state index contributed by atoms with van der Waals surface area (Å²) in [4.78, 5) is 2.16. The van der Waals surface area contributed by atoms with E-state index in [9.17, 15) is 12.8 Å². The lowest BCUT2D eigenvalue weighted by atomic mass is 10.1. The van der Waals surface area contributed by atoms with Crippen LogP contribution in [0.3, 0.4) is 0 Å². The standard InChI is InChI=1S/C20H23ClFNO3S/c1-23(16-9-11-27(24,25)12-10-16)13-15-5-2-3-8-20(15)26-14-17-18(21)6-4-7-19(17)22/h2-8,16H,9-14H2,1H3. The average Bonchev–Trinajstić information content (AvgIpc) is 2.62. The van der Waals surface area contributed by atoms with Crippen LogP contribution in [0.25, 0.3) is 0 Å². The van der Waals surface area contributed by atoms with E-state index < -0.39 is 9.84 Å². The second kappa shape index (κ2) is 8.59. The van der Waals surface area contributed by atoms with Crippen LogP contribution < -0.4 is 4.74 Å². The van der Waals surface area contributed by atoms with Crippen LogP contribution in [0.2, 0.25) is 5.02 Å². The zero-order chi connectivity index (χ0) is 19.4. The van der Waals surface area contributed by atoms with Gasteiger partial charge in [0.05, 0.1) is 16.5 Å². The quantitative estimate of drug-likeness (QED) is 0.719. The molecule has 0 atom stereocenters. The maximum Gasteiger partial charge on any atom is 0.150 e. The van der Waals surface area contributed by atoms with Crippen molar-refractivity contribution in [3.8, 4) is 5.75 Å². The predicted molar refractivity (Wildman–Crippen MR) is 105 cm³/mol. The molecule has 146 valence electrons. The van der Waals surface area contributed by atoms with E-state index in [0.717, 1.165) is 5.56 Å². The highest BCUT2D eigenvalue weighted by Crippen LogP contribution is 2.26. The van der Waals surface area contributed by atoms with E-state index in [1.54, 1.807) is 12.1 Å². The van der Waals surface area contributed by atoms with E-state index in [0.29, 0.717) is 35.7 Å². The summed E-state index contributed by atoms with van der Waals surface area (Å²) in [5.74, 6) is 0.769. The van der Waals surface area contributed by atoms with Gasteiger partial charge in [-0.3, -0.25) is 4.90 Å². The molecule has 0 N–H and O–H groups in total. The van der Waals surface area contributed by atoms with Crippen molar-refractivity contribution in [1.82, 2.24) is 4.90 Å². The summed E-state index contributed by atoms with van der Waals surface area (Å²) in [6, 6.07) is 12.4. The van der Waals surface area contributed by atoms with Crippen molar-refractivity contribution in [2.75, 3.05) is 18.6 Å². The van der Waals surface area contributed by atoms with Gasteiger partial charge in [-0.25, -0.2) is 12.8 Å². The van der Waals surface area contributed by atoms with Gasteiger partial charge in [0.2, 0.25) is 0 Å². The normalized spacial score (nSPS) is 17.2. The van der Waals surface area contributed by atoms with Crippen LogP contribution >= 0.6 is 11.6 Å². The summed E-state index contributed by atoms with van der Waals surface area (Å²) in [6.07, 6.45) is 1.29. The molecule has 0 unspecified atom stereocenters. The van der Waals surface area contributed by atoms with Crippen molar-refractivity contribution in [1.29, 1.82) is 0 Å². The largest absolute Gasteiger partial charge is 0.488 e. The first kappa shape index (κ1) is 20.1. The Morgan fingerprint density at radius 2 is 1.85 bits per heavy atom. The van der Waals surface area contributed by atoms with E-state index in [1.165, 1.54) is 6.07 Å². The topological polar surface area (TPSA) is 46.6 Å². The average molecular weight is 412 g/mol. The third-order valence-corrected chi connectivity index (χ3v) is 7.04. The molecule has 0 aliphatic carbocycles. The molecule has 1 saturated heterocycles. The summed E-state index contributed by atoms with van der Waals surface area (Å²) >= 11 is 6.07. The second-order valence-electron chi connectivity index (χ2n) is 6.89. The van der Waals surface area contributed by atoms with Crippen molar-refractivity contribution in [3.63, 3.8) is 0 Å². The van der Waals surface area contributed by atoms with Gasteiger partial charge in [0.15, 0.2) is 0 Å². The number of para-hydroxylation sites is 1. The maximum absolute atomic E-state index is 13.9. The van der Waals surface area contributed by atoms with Gasteiger partial charge < -0.3 is 4.74 Å². The molecule has 27 heavy (non-hydrogen) atoms. The van der Waals surface area contributed by atoms with Crippen LogP contribution in [0.5, 0.6) is 5.75 Å². The number of ether oxygens (including phenoxy) is 1. The van der Waals surface area contributed by atoms with Crippen LogP contribution in [0.15, 0.2) is 42.5 Å². The summed E-state index contributed by atoms with van der Waals surface area (Å²) in [5.41, 5.74) is 1.31. The fraction of sp³-hybridized carbons (Fsp3) is 0.400. The molecule has 7 heteroatoms. The molecule has 1 fully saturated rings. The van der Waals surface area contributed by atoms with E-state index >= 15 is 0 Å². The lowest BCUT2D eigenvalue weighted by Gasteiger charge is -2.31. The number of hydrogen-bond donors (Lipinski definition) is 0. The first-order valence-corrected chi connectivity index (χ1v) is 11.1. The molecule has 1 heterocycles. The van der Waals surface area contributed by atoms with Crippen LogP contribution in [0, 0.1) is 5.82 Å². The monoisotopic (exact) mass is 411 g/mol. The van der Waals surface area contributed by atoms with E-state index in [4.69, 9.17) is 16.3 Å². The molecular formula is C20H23ClFNO3S. The van der Waals surface area contributed by atoms with E-state index in [2.05, 4.69) is 4.90 Å². The SMILES string of the molecule is CN(Cc1ccccc1OCc1c(F)cccc1Cl)C1CCS(=O)(=O)CC1. The van der Waals surface area contributed by atoms with Crippen LogP contribution in [-0.4, -0.2) is 37.9 Å². The van der Waals surface area contributed by atoms with Crippen molar-refractivity contribution < 1.29 is 17.5 Å². The predicted octanol–water partition coefficient (Wildman–Crippen LogP) is 4.07. The van der Waals surface area contributed by atoms with Gasteiger partial charge in [-0.1, -0.05) is 35.9 Å². The first-order chi connectivity index (χ1) is 12.9. The lowest BCUT2D eigenvalue weighted by Crippen LogP contribution is -2.38. The maximum atomic E-state index is 13.9. The van der Waals surface area contributed by atoms with Gasteiger partial charge in [0, 0.05) is 23.7 Å². The molecular weight excluding hydrogens is 389 g/mol. The van der Waals surface area contributed by atoms with E-state index in [1.807, 2.05) is 31.3 Å². The van der Waals surface area contributed by atoms with Gasteiger partial charge >= 0.3 is 0 Å². The van der Waals surface area contributed by atoms with Crippen molar-refractivity contribution in [2.45, 2.75) is 32.0 Å². The number of halogens is 2. The third kappa shape index (κ3) is 5.21. The zero-order valence-corrected chi connectivity index (χ0v) is 16.8. The van der Waals surface area contributed by atoms with Crippen molar-refractivity contribution >= 4 is 21.4 Å². The highest BCUT2D eigenvalue weighted by molar-refractivity contribution is 7.91. The minimum absolute atomic E-state index is 0.0495. The smallest absolute Gasteiger partial charge is 0.150 e. The minimum Gasteiger partial charge on any atom is -0.488 e. The number of rotatable bonds is 6. The minimum atomic E-state index is -2.88. The Morgan fingerprint density at radius 3 is 2.56 bits per heavy atom. The van der Waals surface area contributed by atoms with Gasteiger partial charge in [-0.05, 0) is 38.1 Å². The summed E-state index contributed by atoms with van der Waals surface area (Å²) in [7, 11) is -0.884. The molecule has 4 nitrogen and oxygen atoms in total. The number of nitrogens with zero attached hydrogens (tertiary/aromatic N) is 1. The molecule has 0 saturated carbocycles. The fourth-order valence-electron chi connectivity index (χ4n) is 3.31. The molecule has 2 aromatic rings. The molecule has 0 bridgehead atoms. The molecule has 3 rings (SSSR count). The Morgan fingerprint density at radius 1 is 1.15 bits per heavy atom. The van der Waals surface area contributed by atoms with Crippen molar-refractivity contribution in [2.24, 2.45) is 0 Å². The third-order valence-electron chi connectivity index (χ3n) is 4.97. The Bertz CT molecular complexity index is 870. The highest BCUT2D eigenvalue weighted by atomic mass is 35.5. The second-order valence-corrected chi connectivity index (χ2v) is 9.61. The van der Waals surface area contributed by atoms with Crippen LogP contribution in [0.4, 0.5) is 4.39 Å². The Kier molecular flexibility index (Phi) is 6.40. The van der Waals surface area contributed by atoms with E-state index in [-0.39, 0.29) is 30.0 Å². The Labute approximate surface area is 164 Å².